The molecule has 2 amide bonds. The van der Waals surface area contributed by atoms with Crippen molar-refractivity contribution in [3.8, 4) is 0 Å². The van der Waals surface area contributed by atoms with Crippen molar-refractivity contribution in [3.05, 3.63) is 45.8 Å². The Kier molecular flexibility index (Phi) is 6.23. The van der Waals surface area contributed by atoms with Crippen LogP contribution in [0.3, 0.4) is 0 Å². The van der Waals surface area contributed by atoms with E-state index in [1.165, 1.54) is 6.07 Å². The SMILES string of the molecule is CC(C)(C)OC(=O)N1CCC(c2ccc(Nc3nc(=O)[nH]nc3C(N)=O)cc2F)CC1. The minimum atomic E-state index is -0.889. The lowest BCUT2D eigenvalue weighted by molar-refractivity contribution is 0.0204. The summed E-state index contributed by atoms with van der Waals surface area (Å²) in [4.78, 5) is 40.3. The van der Waals surface area contributed by atoms with E-state index < -0.39 is 23.0 Å². The second-order valence-corrected chi connectivity index (χ2v) is 8.30. The van der Waals surface area contributed by atoms with Gasteiger partial charge in [-0.05, 0) is 57.2 Å². The van der Waals surface area contributed by atoms with Crippen molar-refractivity contribution in [1.82, 2.24) is 20.1 Å². The maximum atomic E-state index is 14.8. The van der Waals surface area contributed by atoms with Gasteiger partial charge in [-0.2, -0.15) is 10.1 Å². The minimum Gasteiger partial charge on any atom is -0.444 e. The fraction of sp³-hybridized carbons (Fsp3) is 0.450. The van der Waals surface area contributed by atoms with Crippen molar-refractivity contribution >= 4 is 23.5 Å². The first-order valence-corrected chi connectivity index (χ1v) is 9.84. The zero-order chi connectivity index (χ0) is 22.8. The van der Waals surface area contributed by atoms with Gasteiger partial charge in [0.1, 0.15) is 11.4 Å². The summed E-state index contributed by atoms with van der Waals surface area (Å²) in [5, 5.41) is 8.29. The largest absolute Gasteiger partial charge is 0.444 e. The number of hydrogen-bond acceptors (Lipinski definition) is 7. The van der Waals surface area contributed by atoms with E-state index >= 15 is 0 Å². The first-order valence-electron chi connectivity index (χ1n) is 9.84. The van der Waals surface area contributed by atoms with Crippen LogP contribution in [-0.4, -0.2) is 50.8 Å². The molecule has 0 aliphatic carbocycles. The summed E-state index contributed by atoms with van der Waals surface area (Å²) in [7, 11) is 0. The van der Waals surface area contributed by atoms with E-state index in [4.69, 9.17) is 10.5 Å². The Bertz CT molecular complexity index is 1040. The number of amides is 2. The van der Waals surface area contributed by atoms with Gasteiger partial charge in [0.2, 0.25) is 0 Å². The number of carbonyl (C=O) groups excluding carboxylic acids is 2. The molecular formula is C20H25FN6O4. The van der Waals surface area contributed by atoms with Crippen LogP contribution in [0.15, 0.2) is 23.0 Å². The number of benzene rings is 1. The molecule has 1 aliphatic rings. The second-order valence-electron chi connectivity index (χ2n) is 8.30. The average molecular weight is 432 g/mol. The normalized spacial score (nSPS) is 14.9. The number of ether oxygens (including phenoxy) is 1. The number of halogens is 1. The van der Waals surface area contributed by atoms with E-state index in [1.54, 1.807) is 17.0 Å². The Morgan fingerprint density at radius 3 is 2.55 bits per heavy atom. The molecular weight excluding hydrogens is 407 g/mol. The standard InChI is InChI=1S/C20H25FN6O4/c1-20(2,3)31-19(30)27-8-6-11(7-9-27)13-5-4-12(10-14(13)21)23-17-15(16(22)28)25-26-18(29)24-17/h4-5,10-11H,6-9H2,1-3H3,(H2,22,28)(H2,23,24,26,29). The van der Waals surface area contributed by atoms with Gasteiger partial charge in [0, 0.05) is 18.8 Å². The van der Waals surface area contributed by atoms with Gasteiger partial charge >= 0.3 is 11.8 Å². The van der Waals surface area contributed by atoms with E-state index in [0.29, 0.717) is 31.5 Å². The smallest absolute Gasteiger partial charge is 0.410 e. The molecule has 166 valence electrons. The van der Waals surface area contributed by atoms with Gasteiger partial charge in [-0.3, -0.25) is 4.79 Å². The number of primary amides is 1. The molecule has 1 aliphatic heterocycles. The molecule has 1 aromatic heterocycles. The third-order valence-corrected chi connectivity index (χ3v) is 4.78. The molecule has 1 fully saturated rings. The number of anilines is 2. The van der Waals surface area contributed by atoms with E-state index in [2.05, 4.69) is 15.4 Å². The zero-order valence-electron chi connectivity index (χ0n) is 17.6. The molecule has 1 aromatic carbocycles. The monoisotopic (exact) mass is 432 g/mol. The molecule has 0 atom stereocenters. The predicted molar refractivity (Wildman–Crippen MR) is 111 cm³/mol. The maximum absolute atomic E-state index is 14.8. The lowest BCUT2D eigenvalue weighted by Crippen LogP contribution is -2.41. The molecule has 2 aromatic rings. The number of likely N-dealkylation sites (tertiary alicyclic amines) is 1. The average Bonchev–Trinajstić information content (AvgIpc) is 2.67. The molecule has 0 unspecified atom stereocenters. The van der Waals surface area contributed by atoms with E-state index in [0.717, 1.165) is 0 Å². The minimum absolute atomic E-state index is 0.0479. The molecule has 4 N–H and O–H groups in total. The molecule has 3 rings (SSSR count). The summed E-state index contributed by atoms with van der Waals surface area (Å²) in [6, 6.07) is 4.51. The van der Waals surface area contributed by atoms with Gasteiger partial charge in [0.25, 0.3) is 5.91 Å². The molecule has 0 spiro atoms. The van der Waals surface area contributed by atoms with Crippen LogP contribution in [0, 0.1) is 5.82 Å². The molecule has 1 saturated heterocycles. The van der Waals surface area contributed by atoms with Gasteiger partial charge < -0.3 is 20.7 Å². The molecule has 31 heavy (non-hydrogen) atoms. The lowest BCUT2D eigenvalue weighted by atomic mass is 9.89. The van der Waals surface area contributed by atoms with Crippen molar-refractivity contribution in [1.29, 1.82) is 0 Å². The van der Waals surface area contributed by atoms with Gasteiger partial charge in [-0.15, -0.1) is 0 Å². The molecule has 0 saturated carbocycles. The topological polar surface area (TPSA) is 143 Å². The Balaban J connectivity index is 1.69. The number of nitrogens with two attached hydrogens (primary N) is 1. The first kappa shape index (κ1) is 22.2. The number of aromatic nitrogens is 3. The third-order valence-electron chi connectivity index (χ3n) is 4.78. The number of H-pyrrole nitrogens is 1. The maximum Gasteiger partial charge on any atom is 0.410 e. The van der Waals surface area contributed by atoms with Crippen molar-refractivity contribution in [2.45, 2.75) is 45.1 Å². The quantitative estimate of drug-likeness (QED) is 0.672. The van der Waals surface area contributed by atoms with E-state index in [9.17, 15) is 18.8 Å². The number of nitrogens with one attached hydrogen (secondary N) is 2. The highest BCUT2D eigenvalue weighted by Crippen LogP contribution is 2.32. The number of nitrogens with zero attached hydrogens (tertiary/aromatic N) is 3. The first-order chi connectivity index (χ1) is 14.5. The highest BCUT2D eigenvalue weighted by molar-refractivity contribution is 5.95. The van der Waals surface area contributed by atoms with Crippen LogP contribution in [0.2, 0.25) is 0 Å². The van der Waals surface area contributed by atoms with Crippen molar-refractivity contribution in [2.75, 3.05) is 18.4 Å². The Labute approximate surface area is 178 Å². The van der Waals surface area contributed by atoms with Gasteiger partial charge in [0.15, 0.2) is 11.5 Å². The summed E-state index contributed by atoms with van der Waals surface area (Å²) in [6.07, 6.45) is 0.845. The summed E-state index contributed by atoms with van der Waals surface area (Å²) in [5.41, 5.74) is 4.43. The highest BCUT2D eigenvalue weighted by atomic mass is 19.1. The van der Waals surface area contributed by atoms with Gasteiger partial charge in [-0.1, -0.05) is 6.07 Å². The lowest BCUT2D eigenvalue weighted by Gasteiger charge is -2.33. The molecule has 2 heterocycles. The summed E-state index contributed by atoms with van der Waals surface area (Å²) < 4.78 is 20.2. The number of carbonyl (C=O) groups is 2. The third kappa shape index (κ3) is 5.56. The number of aromatic amines is 1. The van der Waals surface area contributed by atoms with Crippen LogP contribution >= 0.6 is 0 Å². The molecule has 10 nitrogen and oxygen atoms in total. The van der Waals surface area contributed by atoms with Crippen LogP contribution in [0.4, 0.5) is 20.7 Å². The van der Waals surface area contributed by atoms with Crippen molar-refractivity contribution < 1.29 is 18.7 Å². The van der Waals surface area contributed by atoms with Crippen LogP contribution < -0.4 is 16.7 Å². The second kappa shape index (κ2) is 8.70. The molecule has 0 bridgehead atoms. The van der Waals surface area contributed by atoms with E-state index in [1.807, 2.05) is 25.9 Å². The zero-order valence-corrected chi connectivity index (χ0v) is 17.6. The molecule has 0 radical (unpaired) electrons. The van der Waals surface area contributed by atoms with Crippen LogP contribution in [0.25, 0.3) is 0 Å². The Morgan fingerprint density at radius 1 is 1.29 bits per heavy atom. The number of rotatable bonds is 4. The summed E-state index contributed by atoms with van der Waals surface area (Å²) >= 11 is 0. The van der Waals surface area contributed by atoms with Crippen LogP contribution in [-0.2, 0) is 4.74 Å². The Morgan fingerprint density at radius 2 is 1.97 bits per heavy atom. The van der Waals surface area contributed by atoms with E-state index in [-0.39, 0.29) is 29.2 Å². The molecule has 11 heteroatoms. The summed E-state index contributed by atoms with van der Waals surface area (Å²) in [5.74, 6) is -1.54. The predicted octanol–water partition coefficient (Wildman–Crippen LogP) is 2.26. The van der Waals surface area contributed by atoms with Gasteiger partial charge in [0.05, 0.1) is 0 Å². The fourth-order valence-corrected chi connectivity index (χ4v) is 3.37. The highest BCUT2D eigenvalue weighted by Gasteiger charge is 2.28. The van der Waals surface area contributed by atoms with Crippen molar-refractivity contribution in [2.24, 2.45) is 5.73 Å². The number of piperidine rings is 1. The van der Waals surface area contributed by atoms with Gasteiger partial charge in [-0.25, -0.2) is 19.1 Å². The Hall–Kier alpha value is -3.50. The fourth-order valence-electron chi connectivity index (χ4n) is 3.37. The van der Waals surface area contributed by atoms with Crippen molar-refractivity contribution in [3.63, 3.8) is 0 Å². The van der Waals surface area contributed by atoms with Crippen LogP contribution in [0.1, 0.15) is 55.6 Å². The van der Waals surface area contributed by atoms with Crippen LogP contribution in [0.5, 0.6) is 0 Å². The summed E-state index contributed by atoms with van der Waals surface area (Å²) in [6.45, 7) is 6.39. The number of hydrogen-bond donors (Lipinski definition) is 3.